The summed E-state index contributed by atoms with van der Waals surface area (Å²) < 4.78 is 0. The maximum atomic E-state index is 9.12. The van der Waals surface area contributed by atoms with E-state index in [1.807, 2.05) is 18.2 Å². The van der Waals surface area contributed by atoms with Gasteiger partial charge in [0.25, 0.3) is 0 Å². The molecule has 2 heterocycles. The molecule has 1 spiro atoms. The highest BCUT2D eigenvalue weighted by Crippen LogP contribution is 2.36. The Hall–Kier alpha value is -1.53. The summed E-state index contributed by atoms with van der Waals surface area (Å²) in [6.07, 6.45) is 2.50. The Bertz CT molecular complexity index is 447. The lowest BCUT2D eigenvalue weighted by molar-refractivity contribution is 0.126. The van der Waals surface area contributed by atoms with Crippen molar-refractivity contribution < 1.29 is 0 Å². The molecular formula is C14H17N3. The van der Waals surface area contributed by atoms with Gasteiger partial charge in [-0.2, -0.15) is 5.26 Å². The van der Waals surface area contributed by atoms with Gasteiger partial charge >= 0.3 is 0 Å². The van der Waals surface area contributed by atoms with E-state index in [2.05, 4.69) is 22.4 Å². The number of rotatable bonds is 1. The first-order valence-corrected chi connectivity index (χ1v) is 6.28. The summed E-state index contributed by atoms with van der Waals surface area (Å²) in [6.45, 7) is 4.53. The van der Waals surface area contributed by atoms with Crippen molar-refractivity contribution in [3.05, 3.63) is 29.8 Å². The van der Waals surface area contributed by atoms with E-state index in [1.54, 1.807) is 0 Å². The largest absolute Gasteiger partial charge is 0.370 e. The second kappa shape index (κ2) is 4.05. The van der Waals surface area contributed by atoms with Crippen molar-refractivity contribution in [2.75, 3.05) is 31.1 Å². The molecule has 3 nitrogen and oxygen atoms in total. The van der Waals surface area contributed by atoms with Crippen molar-refractivity contribution in [3.8, 4) is 6.07 Å². The first kappa shape index (κ1) is 10.6. The Kier molecular flexibility index (Phi) is 2.53. The summed E-state index contributed by atoms with van der Waals surface area (Å²) in [5.41, 5.74) is 2.48. The van der Waals surface area contributed by atoms with Gasteiger partial charge in [-0.3, -0.25) is 0 Å². The molecule has 2 aliphatic rings. The van der Waals surface area contributed by atoms with Gasteiger partial charge in [-0.25, -0.2) is 0 Å². The van der Waals surface area contributed by atoms with E-state index >= 15 is 0 Å². The van der Waals surface area contributed by atoms with Crippen LogP contribution >= 0.6 is 0 Å². The molecule has 0 atom stereocenters. The average Bonchev–Trinajstić information content (AvgIpc) is 2.37. The van der Waals surface area contributed by atoms with Crippen LogP contribution in [-0.2, 0) is 0 Å². The third-order valence-corrected chi connectivity index (χ3v) is 4.19. The minimum atomic E-state index is 0.568. The van der Waals surface area contributed by atoms with Crippen LogP contribution < -0.4 is 10.2 Å². The SMILES string of the molecule is N#Cc1ccccc1N1CCC2(CC1)CNC2. The Balaban J connectivity index is 1.76. The van der Waals surface area contributed by atoms with Crippen molar-refractivity contribution in [3.63, 3.8) is 0 Å². The Labute approximate surface area is 102 Å². The number of benzene rings is 1. The van der Waals surface area contributed by atoms with Crippen LogP contribution in [0, 0.1) is 16.7 Å². The van der Waals surface area contributed by atoms with E-state index < -0.39 is 0 Å². The van der Waals surface area contributed by atoms with E-state index in [4.69, 9.17) is 5.26 Å². The molecule has 1 N–H and O–H groups in total. The van der Waals surface area contributed by atoms with Crippen molar-refractivity contribution in [1.29, 1.82) is 5.26 Å². The van der Waals surface area contributed by atoms with Gasteiger partial charge in [0.05, 0.1) is 11.3 Å². The lowest BCUT2D eigenvalue weighted by Gasteiger charge is -2.49. The molecule has 17 heavy (non-hydrogen) atoms. The quantitative estimate of drug-likeness (QED) is 0.794. The average molecular weight is 227 g/mol. The zero-order chi connectivity index (χ0) is 11.7. The zero-order valence-corrected chi connectivity index (χ0v) is 9.95. The molecule has 0 unspecified atom stereocenters. The second-order valence-corrected chi connectivity index (χ2v) is 5.22. The van der Waals surface area contributed by atoms with Crippen molar-refractivity contribution in [1.82, 2.24) is 5.32 Å². The van der Waals surface area contributed by atoms with Crippen LogP contribution in [0.15, 0.2) is 24.3 Å². The molecule has 0 aliphatic carbocycles. The topological polar surface area (TPSA) is 39.1 Å². The molecule has 1 aromatic rings. The molecule has 0 saturated carbocycles. The van der Waals surface area contributed by atoms with Crippen LogP contribution in [0.25, 0.3) is 0 Å². The first-order chi connectivity index (χ1) is 8.33. The molecule has 3 rings (SSSR count). The molecule has 0 aromatic heterocycles. The number of nitrogens with one attached hydrogen (secondary N) is 1. The Morgan fingerprint density at radius 2 is 1.88 bits per heavy atom. The Morgan fingerprint density at radius 1 is 1.18 bits per heavy atom. The van der Waals surface area contributed by atoms with Gasteiger partial charge in [0.15, 0.2) is 0 Å². The lowest BCUT2D eigenvalue weighted by atomic mass is 9.73. The fraction of sp³-hybridized carbons (Fsp3) is 0.500. The van der Waals surface area contributed by atoms with Crippen LogP contribution in [0.4, 0.5) is 5.69 Å². The van der Waals surface area contributed by atoms with Crippen LogP contribution in [0.1, 0.15) is 18.4 Å². The summed E-state index contributed by atoms with van der Waals surface area (Å²) in [5, 5.41) is 12.5. The number of hydrogen-bond donors (Lipinski definition) is 1. The molecule has 0 bridgehead atoms. The minimum Gasteiger partial charge on any atom is -0.370 e. The fourth-order valence-corrected chi connectivity index (χ4v) is 2.90. The van der Waals surface area contributed by atoms with Gasteiger partial charge in [-0.05, 0) is 30.4 Å². The summed E-state index contributed by atoms with van der Waals surface area (Å²) in [4.78, 5) is 2.36. The molecule has 2 aliphatic heterocycles. The van der Waals surface area contributed by atoms with Gasteiger partial charge in [-0.15, -0.1) is 0 Å². The molecular weight excluding hydrogens is 210 g/mol. The standard InChI is InChI=1S/C14H17N3/c15-9-12-3-1-2-4-13(12)17-7-5-14(6-8-17)10-16-11-14/h1-4,16H,5-8,10-11H2. The highest BCUT2D eigenvalue weighted by atomic mass is 15.2. The third kappa shape index (κ3) is 1.79. The number of nitriles is 1. The minimum absolute atomic E-state index is 0.568. The molecule has 0 amide bonds. The summed E-state index contributed by atoms with van der Waals surface area (Å²) in [7, 11) is 0. The molecule has 2 saturated heterocycles. The second-order valence-electron chi connectivity index (χ2n) is 5.22. The summed E-state index contributed by atoms with van der Waals surface area (Å²) in [6, 6.07) is 10.2. The number of nitrogens with zero attached hydrogens (tertiary/aromatic N) is 2. The molecule has 3 heteroatoms. The third-order valence-electron chi connectivity index (χ3n) is 4.19. The van der Waals surface area contributed by atoms with Gasteiger partial charge in [0.1, 0.15) is 6.07 Å². The van der Waals surface area contributed by atoms with E-state index in [0.717, 1.165) is 24.3 Å². The number of para-hydroxylation sites is 1. The van der Waals surface area contributed by atoms with E-state index in [1.165, 1.54) is 25.9 Å². The lowest BCUT2D eigenvalue weighted by Crippen LogP contribution is -2.58. The van der Waals surface area contributed by atoms with Gasteiger partial charge in [-0.1, -0.05) is 12.1 Å². The van der Waals surface area contributed by atoms with Crippen molar-refractivity contribution in [2.45, 2.75) is 12.8 Å². The van der Waals surface area contributed by atoms with Gasteiger partial charge < -0.3 is 10.2 Å². The maximum absolute atomic E-state index is 9.12. The predicted molar refractivity (Wildman–Crippen MR) is 67.9 cm³/mol. The molecule has 1 aromatic carbocycles. The predicted octanol–water partition coefficient (Wildman–Crippen LogP) is 1.75. The van der Waals surface area contributed by atoms with Gasteiger partial charge in [0, 0.05) is 26.2 Å². The van der Waals surface area contributed by atoms with Crippen molar-refractivity contribution >= 4 is 5.69 Å². The number of hydrogen-bond acceptors (Lipinski definition) is 3. The van der Waals surface area contributed by atoms with Gasteiger partial charge in [0.2, 0.25) is 0 Å². The van der Waals surface area contributed by atoms with Crippen LogP contribution in [0.3, 0.4) is 0 Å². The van der Waals surface area contributed by atoms with Crippen LogP contribution in [0.2, 0.25) is 0 Å². The summed E-state index contributed by atoms with van der Waals surface area (Å²) >= 11 is 0. The molecule has 0 radical (unpaired) electrons. The number of anilines is 1. The monoisotopic (exact) mass is 227 g/mol. The normalized spacial score (nSPS) is 21.9. The van der Waals surface area contributed by atoms with E-state index in [-0.39, 0.29) is 0 Å². The highest BCUT2D eigenvalue weighted by molar-refractivity contribution is 5.59. The van der Waals surface area contributed by atoms with E-state index in [9.17, 15) is 0 Å². The van der Waals surface area contributed by atoms with Crippen LogP contribution in [0.5, 0.6) is 0 Å². The first-order valence-electron chi connectivity index (χ1n) is 6.28. The molecule has 88 valence electrons. The maximum Gasteiger partial charge on any atom is 0.101 e. The van der Waals surface area contributed by atoms with E-state index in [0.29, 0.717) is 5.41 Å². The van der Waals surface area contributed by atoms with Crippen molar-refractivity contribution in [2.24, 2.45) is 5.41 Å². The zero-order valence-electron chi connectivity index (χ0n) is 9.95. The molecule has 2 fully saturated rings. The smallest absolute Gasteiger partial charge is 0.101 e. The van der Waals surface area contributed by atoms with Crippen LogP contribution in [-0.4, -0.2) is 26.2 Å². The summed E-state index contributed by atoms with van der Waals surface area (Å²) in [5.74, 6) is 0. The fourth-order valence-electron chi connectivity index (χ4n) is 2.90. The number of piperidine rings is 1. The Morgan fingerprint density at radius 3 is 2.47 bits per heavy atom. The highest BCUT2D eigenvalue weighted by Gasteiger charge is 2.39.